The Morgan fingerprint density at radius 2 is 1.75 bits per heavy atom. The fraction of sp³-hybridized carbons (Fsp3) is 0.0909. The summed E-state index contributed by atoms with van der Waals surface area (Å²) in [7, 11) is 0. The molecule has 0 aliphatic rings. The highest BCUT2D eigenvalue weighted by Gasteiger charge is 2.14. The molecule has 0 saturated heterocycles. The van der Waals surface area contributed by atoms with Crippen LogP contribution in [-0.4, -0.2) is 28.3 Å². The van der Waals surface area contributed by atoms with Gasteiger partial charge in [0.15, 0.2) is 0 Å². The van der Waals surface area contributed by atoms with Crippen molar-refractivity contribution in [3.63, 3.8) is 0 Å². The molecular weight excluding hydrogens is 352 g/mol. The first-order valence-corrected chi connectivity index (χ1v) is 8.88. The number of carbonyl (C=O) groups is 2. The maximum Gasteiger partial charge on any atom is 0.267 e. The Balaban J connectivity index is 1.71. The summed E-state index contributed by atoms with van der Waals surface area (Å²) < 4.78 is 0. The molecule has 3 aromatic rings. The van der Waals surface area contributed by atoms with Crippen LogP contribution in [0.2, 0.25) is 0 Å². The Morgan fingerprint density at radius 1 is 0.929 bits per heavy atom. The number of hydrogen-bond acceptors (Lipinski definition) is 4. The minimum absolute atomic E-state index is 0.155. The molecule has 0 aliphatic heterocycles. The Labute approximate surface area is 163 Å². The van der Waals surface area contributed by atoms with Crippen molar-refractivity contribution in [2.45, 2.75) is 6.42 Å². The molecule has 0 fully saturated rings. The van der Waals surface area contributed by atoms with Gasteiger partial charge in [0.2, 0.25) is 0 Å². The predicted octanol–water partition coefficient (Wildman–Crippen LogP) is 2.61. The second kappa shape index (κ2) is 9.78. The van der Waals surface area contributed by atoms with Gasteiger partial charge < -0.3 is 10.6 Å². The monoisotopic (exact) mass is 372 g/mol. The largest absolute Gasteiger partial charge is 0.350 e. The molecule has 28 heavy (non-hydrogen) atoms. The van der Waals surface area contributed by atoms with Gasteiger partial charge in [0.25, 0.3) is 11.8 Å². The number of benzene rings is 1. The normalized spacial score (nSPS) is 10.9. The smallest absolute Gasteiger partial charge is 0.267 e. The van der Waals surface area contributed by atoms with E-state index in [9.17, 15) is 9.59 Å². The van der Waals surface area contributed by atoms with Gasteiger partial charge in [0.05, 0.1) is 0 Å². The number of aromatic nitrogens is 2. The number of pyridine rings is 2. The number of hydrogen-bond donors (Lipinski definition) is 2. The van der Waals surface area contributed by atoms with E-state index in [0.717, 1.165) is 5.69 Å². The van der Waals surface area contributed by atoms with Crippen LogP contribution in [-0.2, 0) is 11.2 Å². The van der Waals surface area contributed by atoms with E-state index in [4.69, 9.17) is 0 Å². The van der Waals surface area contributed by atoms with Crippen molar-refractivity contribution in [3.05, 3.63) is 102 Å². The van der Waals surface area contributed by atoms with Crippen LogP contribution in [0.1, 0.15) is 21.6 Å². The van der Waals surface area contributed by atoms with Crippen LogP contribution in [0.15, 0.2) is 85.0 Å². The fourth-order valence-electron chi connectivity index (χ4n) is 2.52. The standard InChI is InChI=1S/C22H20N4O2/c27-21(18-8-2-1-3-9-18)26-20(15-17-7-6-12-23-16-17)22(28)25-14-11-19-10-4-5-13-24-19/h1-10,12-13,15-16H,11,14H2,(H,25,28)(H,26,27). The third kappa shape index (κ3) is 5.60. The van der Waals surface area contributed by atoms with Gasteiger partial charge in [-0.15, -0.1) is 0 Å². The predicted molar refractivity (Wildman–Crippen MR) is 107 cm³/mol. The van der Waals surface area contributed by atoms with E-state index in [1.165, 1.54) is 0 Å². The van der Waals surface area contributed by atoms with Crippen molar-refractivity contribution in [2.75, 3.05) is 6.54 Å². The topological polar surface area (TPSA) is 84.0 Å². The van der Waals surface area contributed by atoms with Crippen molar-refractivity contribution >= 4 is 17.9 Å². The van der Waals surface area contributed by atoms with Crippen molar-refractivity contribution in [1.82, 2.24) is 20.6 Å². The highest BCUT2D eigenvalue weighted by molar-refractivity contribution is 6.05. The molecule has 0 atom stereocenters. The van der Waals surface area contributed by atoms with Crippen molar-refractivity contribution in [3.8, 4) is 0 Å². The summed E-state index contributed by atoms with van der Waals surface area (Å²) >= 11 is 0. The van der Waals surface area contributed by atoms with Gasteiger partial charge in [-0.1, -0.05) is 30.3 Å². The summed E-state index contributed by atoms with van der Waals surface area (Å²) in [6.07, 6.45) is 7.18. The van der Waals surface area contributed by atoms with Crippen LogP contribution in [0.25, 0.3) is 6.08 Å². The number of nitrogens with zero attached hydrogens (tertiary/aromatic N) is 2. The lowest BCUT2D eigenvalue weighted by Crippen LogP contribution is -2.35. The number of amides is 2. The van der Waals surface area contributed by atoms with Crippen molar-refractivity contribution in [2.24, 2.45) is 0 Å². The number of rotatable bonds is 7. The molecule has 0 aliphatic carbocycles. The summed E-state index contributed by atoms with van der Waals surface area (Å²) in [4.78, 5) is 33.4. The lowest BCUT2D eigenvalue weighted by atomic mass is 10.2. The van der Waals surface area contributed by atoms with Gasteiger partial charge in [0.1, 0.15) is 5.70 Å². The van der Waals surface area contributed by atoms with E-state index >= 15 is 0 Å². The molecule has 2 aromatic heterocycles. The first kappa shape index (κ1) is 19.0. The lowest BCUT2D eigenvalue weighted by Gasteiger charge is -2.11. The molecule has 0 radical (unpaired) electrons. The number of carbonyl (C=O) groups excluding carboxylic acids is 2. The maximum absolute atomic E-state index is 12.7. The summed E-state index contributed by atoms with van der Waals surface area (Å²) in [5, 5.41) is 5.52. The molecule has 0 spiro atoms. The highest BCUT2D eigenvalue weighted by atomic mass is 16.2. The molecule has 2 N–H and O–H groups in total. The molecule has 0 saturated carbocycles. The molecule has 0 unspecified atom stereocenters. The van der Waals surface area contributed by atoms with E-state index < -0.39 is 0 Å². The molecule has 2 heterocycles. The molecule has 2 amide bonds. The fourth-order valence-corrected chi connectivity index (χ4v) is 2.52. The average Bonchev–Trinajstić information content (AvgIpc) is 2.75. The Kier molecular flexibility index (Phi) is 6.62. The van der Waals surface area contributed by atoms with Crippen LogP contribution < -0.4 is 10.6 Å². The zero-order valence-corrected chi connectivity index (χ0v) is 15.2. The minimum atomic E-state index is -0.371. The van der Waals surface area contributed by atoms with Crippen molar-refractivity contribution in [1.29, 1.82) is 0 Å². The van der Waals surface area contributed by atoms with Crippen LogP contribution in [0.5, 0.6) is 0 Å². The van der Waals surface area contributed by atoms with E-state index in [0.29, 0.717) is 24.1 Å². The van der Waals surface area contributed by atoms with E-state index in [1.54, 1.807) is 55.0 Å². The van der Waals surface area contributed by atoms with Gasteiger partial charge in [0, 0.05) is 42.8 Å². The Hall–Kier alpha value is -3.80. The highest BCUT2D eigenvalue weighted by Crippen LogP contribution is 2.06. The molecule has 6 nitrogen and oxygen atoms in total. The molecule has 140 valence electrons. The van der Waals surface area contributed by atoms with E-state index in [2.05, 4.69) is 20.6 Å². The lowest BCUT2D eigenvalue weighted by molar-refractivity contribution is -0.117. The first-order valence-electron chi connectivity index (χ1n) is 8.88. The zero-order chi connectivity index (χ0) is 19.6. The van der Waals surface area contributed by atoms with Gasteiger partial charge in [-0.05, 0) is 42.0 Å². The van der Waals surface area contributed by atoms with Gasteiger partial charge in [-0.3, -0.25) is 19.6 Å². The zero-order valence-electron chi connectivity index (χ0n) is 15.2. The molecule has 1 aromatic carbocycles. The second-order valence-electron chi connectivity index (χ2n) is 5.99. The van der Waals surface area contributed by atoms with E-state index in [1.807, 2.05) is 30.3 Å². The van der Waals surface area contributed by atoms with Crippen LogP contribution in [0.4, 0.5) is 0 Å². The Morgan fingerprint density at radius 3 is 2.46 bits per heavy atom. The van der Waals surface area contributed by atoms with E-state index in [-0.39, 0.29) is 17.5 Å². The third-order valence-corrected chi connectivity index (χ3v) is 3.92. The number of nitrogens with one attached hydrogen (secondary N) is 2. The van der Waals surface area contributed by atoms with Gasteiger partial charge in [-0.2, -0.15) is 0 Å². The van der Waals surface area contributed by atoms with Crippen LogP contribution in [0.3, 0.4) is 0 Å². The Bertz CT molecular complexity index is 942. The summed E-state index contributed by atoms with van der Waals surface area (Å²) in [6.45, 7) is 0.404. The van der Waals surface area contributed by atoms with Crippen molar-refractivity contribution < 1.29 is 9.59 Å². The quantitative estimate of drug-likeness (QED) is 0.625. The van der Waals surface area contributed by atoms with Gasteiger partial charge in [-0.25, -0.2) is 0 Å². The van der Waals surface area contributed by atoms with Gasteiger partial charge >= 0.3 is 0 Å². The first-order chi connectivity index (χ1) is 13.7. The minimum Gasteiger partial charge on any atom is -0.350 e. The average molecular weight is 372 g/mol. The second-order valence-corrected chi connectivity index (χ2v) is 5.99. The van der Waals surface area contributed by atoms with Crippen LogP contribution in [0, 0.1) is 0 Å². The molecule has 0 bridgehead atoms. The summed E-state index contributed by atoms with van der Waals surface area (Å²) in [6, 6.07) is 18.0. The SMILES string of the molecule is O=C(NCCc1ccccn1)C(=Cc1cccnc1)NC(=O)c1ccccc1. The summed E-state index contributed by atoms with van der Waals surface area (Å²) in [5.74, 6) is -0.723. The van der Waals surface area contributed by atoms with Crippen LogP contribution >= 0.6 is 0 Å². The molecule has 6 heteroatoms. The third-order valence-electron chi connectivity index (χ3n) is 3.92. The maximum atomic E-state index is 12.7. The summed E-state index contributed by atoms with van der Waals surface area (Å²) in [5.41, 5.74) is 2.23. The molecular formula is C22H20N4O2. The molecule has 3 rings (SSSR count).